The Bertz CT molecular complexity index is 946. The van der Waals surface area contributed by atoms with E-state index in [2.05, 4.69) is 27.0 Å². The number of nitrogens with two attached hydrogens (primary N) is 1. The second kappa shape index (κ2) is 4.90. The molecule has 0 spiro atoms. The molecule has 2 aliphatic rings. The number of nitrogen functional groups attached to an aromatic ring is 1. The molecule has 1 fully saturated rings. The van der Waals surface area contributed by atoms with Gasteiger partial charge in [0.15, 0.2) is 5.82 Å². The Morgan fingerprint density at radius 1 is 1.29 bits per heavy atom. The van der Waals surface area contributed by atoms with E-state index < -0.39 is 0 Å². The molecule has 1 saturated heterocycles. The average molecular weight is 321 g/mol. The van der Waals surface area contributed by atoms with Gasteiger partial charge in [-0.2, -0.15) is 5.10 Å². The van der Waals surface area contributed by atoms with Crippen LogP contribution in [0.25, 0.3) is 22.3 Å². The molecule has 1 aliphatic carbocycles. The van der Waals surface area contributed by atoms with Crippen LogP contribution in [0.15, 0.2) is 12.3 Å². The van der Waals surface area contributed by atoms with Gasteiger partial charge in [0.2, 0.25) is 5.95 Å². The van der Waals surface area contributed by atoms with Crippen molar-refractivity contribution in [1.29, 1.82) is 0 Å². The van der Waals surface area contributed by atoms with Crippen molar-refractivity contribution in [3.8, 4) is 11.4 Å². The molecule has 3 aromatic heterocycles. The molecule has 0 unspecified atom stereocenters. The van der Waals surface area contributed by atoms with E-state index >= 15 is 0 Å². The molecule has 24 heavy (non-hydrogen) atoms. The zero-order valence-corrected chi connectivity index (χ0v) is 13.6. The maximum atomic E-state index is 5.95. The van der Waals surface area contributed by atoms with Crippen LogP contribution < -0.4 is 10.6 Å². The SMILES string of the molecule is C[C@H]1CCN1c1nc2c(c(-c3cc4c(N)n[nH]c4cn3)n1)CCC2. The first-order valence-corrected chi connectivity index (χ1v) is 8.47. The van der Waals surface area contributed by atoms with E-state index in [1.54, 1.807) is 6.20 Å². The lowest BCUT2D eigenvalue weighted by Crippen LogP contribution is -2.46. The number of pyridine rings is 1. The minimum absolute atomic E-state index is 0.496. The van der Waals surface area contributed by atoms with Crippen LogP contribution in [-0.4, -0.2) is 37.7 Å². The molecule has 3 N–H and O–H groups in total. The van der Waals surface area contributed by atoms with Crippen LogP contribution >= 0.6 is 0 Å². The van der Waals surface area contributed by atoms with E-state index in [1.165, 1.54) is 17.7 Å². The normalized spacial score (nSPS) is 19.5. The zero-order valence-electron chi connectivity index (χ0n) is 13.6. The largest absolute Gasteiger partial charge is 0.382 e. The number of aryl methyl sites for hydroxylation is 1. The fourth-order valence-corrected chi connectivity index (χ4v) is 3.64. The number of nitrogens with zero attached hydrogens (tertiary/aromatic N) is 5. The summed E-state index contributed by atoms with van der Waals surface area (Å²) < 4.78 is 0. The van der Waals surface area contributed by atoms with Crippen molar-refractivity contribution in [2.45, 2.75) is 38.6 Å². The molecule has 5 rings (SSSR count). The third-order valence-electron chi connectivity index (χ3n) is 5.22. The molecule has 0 bridgehead atoms. The van der Waals surface area contributed by atoms with Crippen molar-refractivity contribution in [1.82, 2.24) is 25.1 Å². The van der Waals surface area contributed by atoms with Crippen molar-refractivity contribution in [2.24, 2.45) is 0 Å². The van der Waals surface area contributed by atoms with E-state index in [0.717, 1.165) is 54.0 Å². The summed E-state index contributed by atoms with van der Waals surface area (Å²) in [4.78, 5) is 16.6. The van der Waals surface area contributed by atoms with Gasteiger partial charge in [-0.05, 0) is 38.7 Å². The summed E-state index contributed by atoms with van der Waals surface area (Å²) in [5.41, 5.74) is 11.0. The minimum Gasteiger partial charge on any atom is -0.382 e. The van der Waals surface area contributed by atoms with E-state index in [0.29, 0.717) is 11.9 Å². The van der Waals surface area contributed by atoms with Crippen molar-refractivity contribution in [3.05, 3.63) is 23.5 Å². The first-order chi connectivity index (χ1) is 11.7. The average Bonchev–Trinajstić information content (AvgIpc) is 3.19. The Balaban J connectivity index is 1.69. The zero-order chi connectivity index (χ0) is 16.3. The van der Waals surface area contributed by atoms with Gasteiger partial charge in [-0.3, -0.25) is 10.1 Å². The number of fused-ring (bicyclic) bond motifs is 2. The molecule has 122 valence electrons. The maximum absolute atomic E-state index is 5.95. The highest BCUT2D eigenvalue weighted by Crippen LogP contribution is 2.34. The molecule has 0 aromatic carbocycles. The molecule has 7 heteroatoms. The van der Waals surface area contributed by atoms with Crippen LogP contribution in [0, 0.1) is 0 Å². The topological polar surface area (TPSA) is 96.6 Å². The minimum atomic E-state index is 0.496. The summed E-state index contributed by atoms with van der Waals surface area (Å²) in [5.74, 6) is 1.34. The summed E-state index contributed by atoms with van der Waals surface area (Å²) in [6.45, 7) is 3.25. The molecule has 0 amide bonds. The van der Waals surface area contributed by atoms with Crippen molar-refractivity contribution >= 4 is 22.7 Å². The summed E-state index contributed by atoms with van der Waals surface area (Å²) in [6.07, 6.45) is 6.15. The monoisotopic (exact) mass is 321 g/mol. The van der Waals surface area contributed by atoms with E-state index in [4.69, 9.17) is 15.7 Å². The number of aromatic nitrogens is 5. The third kappa shape index (κ3) is 1.90. The molecule has 4 heterocycles. The number of rotatable bonds is 2. The Labute approximate surface area is 139 Å². The van der Waals surface area contributed by atoms with Gasteiger partial charge in [-0.15, -0.1) is 0 Å². The standard InChI is InChI=1S/C17H19N7/c1-9-5-6-24(9)17-20-12-4-2-3-10(12)15(21-17)13-7-11-14(8-19-13)22-23-16(11)18/h7-9H,2-6H2,1H3,(H3,18,22,23)/t9-/m0/s1. The maximum Gasteiger partial charge on any atom is 0.226 e. The number of nitrogens with one attached hydrogen (secondary N) is 1. The lowest BCUT2D eigenvalue weighted by Gasteiger charge is -2.39. The van der Waals surface area contributed by atoms with Crippen LogP contribution in [0.2, 0.25) is 0 Å². The van der Waals surface area contributed by atoms with E-state index in [1.807, 2.05) is 6.07 Å². The highest BCUT2D eigenvalue weighted by molar-refractivity contribution is 5.90. The Hall–Kier alpha value is -2.70. The summed E-state index contributed by atoms with van der Waals surface area (Å²) in [5, 5.41) is 7.84. The molecular weight excluding hydrogens is 302 g/mol. The number of hydrogen-bond donors (Lipinski definition) is 2. The fraction of sp³-hybridized carbons (Fsp3) is 0.412. The van der Waals surface area contributed by atoms with Crippen molar-refractivity contribution in [2.75, 3.05) is 17.2 Å². The van der Waals surface area contributed by atoms with Crippen LogP contribution in [0.1, 0.15) is 31.0 Å². The van der Waals surface area contributed by atoms with E-state index in [9.17, 15) is 0 Å². The lowest BCUT2D eigenvalue weighted by molar-refractivity contribution is 0.470. The molecule has 1 aliphatic heterocycles. The molecule has 3 aromatic rings. The predicted molar refractivity (Wildman–Crippen MR) is 92.8 cm³/mol. The molecule has 7 nitrogen and oxygen atoms in total. The van der Waals surface area contributed by atoms with E-state index in [-0.39, 0.29) is 0 Å². The summed E-state index contributed by atoms with van der Waals surface area (Å²) >= 11 is 0. The summed E-state index contributed by atoms with van der Waals surface area (Å²) in [7, 11) is 0. The van der Waals surface area contributed by atoms with Gasteiger partial charge < -0.3 is 10.6 Å². The van der Waals surface area contributed by atoms with Crippen molar-refractivity contribution in [3.63, 3.8) is 0 Å². The third-order valence-corrected chi connectivity index (χ3v) is 5.22. The Kier molecular flexibility index (Phi) is 2.80. The van der Waals surface area contributed by atoms with Crippen molar-refractivity contribution < 1.29 is 0 Å². The van der Waals surface area contributed by atoms with Gasteiger partial charge in [0.1, 0.15) is 0 Å². The highest BCUT2D eigenvalue weighted by atomic mass is 15.3. The highest BCUT2D eigenvalue weighted by Gasteiger charge is 2.29. The van der Waals surface area contributed by atoms with Gasteiger partial charge in [0.25, 0.3) is 0 Å². The first-order valence-electron chi connectivity index (χ1n) is 8.47. The number of anilines is 2. The molecule has 1 atom stereocenters. The van der Waals surface area contributed by atoms with Crippen LogP contribution in [0.5, 0.6) is 0 Å². The second-order valence-electron chi connectivity index (χ2n) is 6.71. The number of aromatic amines is 1. The Morgan fingerprint density at radius 2 is 2.21 bits per heavy atom. The molecular formula is C17H19N7. The second-order valence-corrected chi connectivity index (χ2v) is 6.71. The van der Waals surface area contributed by atoms with Gasteiger partial charge in [0.05, 0.1) is 23.1 Å². The Morgan fingerprint density at radius 3 is 3.00 bits per heavy atom. The van der Waals surface area contributed by atoms with Gasteiger partial charge in [-0.25, -0.2) is 9.97 Å². The van der Waals surface area contributed by atoms with Gasteiger partial charge >= 0.3 is 0 Å². The quantitative estimate of drug-likeness (QED) is 0.750. The van der Waals surface area contributed by atoms with Crippen LogP contribution in [0.3, 0.4) is 0 Å². The lowest BCUT2D eigenvalue weighted by atomic mass is 10.1. The predicted octanol–water partition coefficient (Wildman–Crippen LogP) is 2.08. The number of H-pyrrole nitrogens is 1. The number of hydrogen-bond acceptors (Lipinski definition) is 6. The summed E-state index contributed by atoms with van der Waals surface area (Å²) in [6, 6.07) is 2.50. The van der Waals surface area contributed by atoms with Crippen LogP contribution in [-0.2, 0) is 12.8 Å². The molecule has 0 saturated carbocycles. The van der Waals surface area contributed by atoms with Gasteiger partial charge in [0, 0.05) is 29.2 Å². The fourth-order valence-electron chi connectivity index (χ4n) is 3.64. The smallest absolute Gasteiger partial charge is 0.226 e. The molecule has 0 radical (unpaired) electrons. The first kappa shape index (κ1) is 13.7. The van der Waals surface area contributed by atoms with Crippen LogP contribution in [0.4, 0.5) is 11.8 Å². The van der Waals surface area contributed by atoms with Gasteiger partial charge in [-0.1, -0.05) is 0 Å².